The molecule has 6 nitrogen and oxygen atoms in total. The van der Waals surface area contributed by atoms with Crippen LogP contribution in [0.15, 0.2) is 41.6 Å². The topological polar surface area (TPSA) is 90.0 Å². The summed E-state index contributed by atoms with van der Waals surface area (Å²) in [4.78, 5) is 27.2. The molecule has 0 aliphatic carbocycles. The van der Waals surface area contributed by atoms with Crippen molar-refractivity contribution in [2.75, 3.05) is 11.1 Å². The predicted molar refractivity (Wildman–Crippen MR) is 82.2 cm³/mol. The highest BCUT2D eigenvalue weighted by atomic mass is 35.5. The van der Waals surface area contributed by atoms with Crippen molar-refractivity contribution in [1.29, 1.82) is 0 Å². The average Bonchev–Trinajstić information content (AvgIpc) is 2.45. The SMILES string of the molecule is Nc1ccc(Cl)cc1NC(=O)CCCn1cnccc1=O. The quantitative estimate of drug-likeness (QED) is 0.826. The van der Waals surface area contributed by atoms with E-state index in [1.54, 1.807) is 18.2 Å². The lowest BCUT2D eigenvalue weighted by atomic mass is 10.2. The number of aryl methyl sites for hydroxylation is 1. The van der Waals surface area contributed by atoms with Gasteiger partial charge in [0.05, 0.1) is 17.7 Å². The Kier molecular flexibility index (Phi) is 4.94. The minimum absolute atomic E-state index is 0.135. The van der Waals surface area contributed by atoms with Crippen LogP contribution in [0.25, 0.3) is 0 Å². The number of halogens is 1. The number of aromatic nitrogens is 2. The molecule has 7 heteroatoms. The van der Waals surface area contributed by atoms with Crippen molar-refractivity contribution in [3.05, 3.63) is 52.2 Å². The van der Waals surface area contributed by atoms with Gasteiger partial charge in [-0.2, -0.15) is 0 Å². The maximum Gasteiger partial charge on any atom is 0.253 e. The van der Waals surface area contributed by atoms with Gasteiger partial charge in [-0.05, 0) is 24.6 Å². The summed E-state index contributed by atoms with van der Waals surface area (Å²) in [6.07, 6.45) is 3.69. The van der Waals surface area contributed by atoms with E-state index in [1.165, 1.54) is 23.2 Å². The number of benzene rings is 1. The van der Waals surface area contributed by atoms with Crippen LogP contribution >= 0.6 is 11.6 Å². The monoisotopic (exact) mass is 306 g/mol. The Hall–Kier alpha value is -2.34. The summed E-state index contributed by atoms with van der Waals surface area (Å²) in [7, 11) is 0. The van der Waals surface area contributed by atoms with Gasteiger partial charge in [-0.1, -0.05) is 11.6 Å². The fourth-order valence-electron chi connectivity index (χ4n) is 1.81. The molecule has 1 amide bonds. The summed E-state index contributed by atoms with van der Waals surface area (Å²) in [6.45, 7) is 0.436. The third-order valence-corrected chi connectivity index (χ3v) is 3.12. The first kappa shape index (κ1) is 15.1. The van der Waals surface area contributed by atoms with Crippen molar-refractivity contribution in [3.63, 3.8) is 0 Å². The second-order valence-electron chi connectivity index (χ2n) is 4.50. The fraction of sp³-hybridized carbons (Fsp3) is 0.214. The second-order valence-corrected chi connectivity index (χ2v) is 4.93. The third-order valence-electron chi connectivity index (χ3n) is 2.88. The van der Waals surface area contributed by atoms with Crippen LogP contribution < -0.4 is 16.6 Å². The number of nitrogens with one attached hydrogen (secondary N) is 1. The summed E-state index contributed by atoms with van der Waals surface area (Å²) >= 11 is 5.85. The summed E-state index contributed by atoms with van der Waals surface area (Å²) in [5, 5.41) is 3.20. The Morgan fingerprint density at radius 1 is 1.38 bits per heavy atom. The van der Waals surface area contributed by atoms with Gasteiger partial charge in [0.15, 0.2) is 0 Å². The number of anilines is 2. The molecule has 21 heavy (non-hydrogen) atoms. The van der Waals surface area contributed by atoms with E-state index in [9.17, 15) is 9.59 Å². The van der Waals surface area contributed by atoms with Gasteiger partial charge in [-0.3, -0.25) is 14.2 Å². The minimum atomic E-state index is -0.180. The predicted octanol–water partition coefficient (Wildman–Crippen LogP) is 1.90. The summed E-state index contributed by atoms with van der Waals surface area (Å²) in [5.41, 5.74) is 6.56. The van der Waals surface area contributed by atoms with Crippen molar-refractivity contribution < 1.29 is 4.79 Å². The number of carbonyl (C=O) groups is 1. The van der Waals surface area contributed by atoms with Crippen LogP contribution in [0.2, 0.25) is 5.02 Å². The first-order valence-electron chi connectivity index (χ1n) is 6.41. The lowest BCUT2D eigenvalue weighted by Gasteiger charge is -2.09. The van der Waals surface area contributed by atoms with Crippen molar-refractivity contribution in [2.24, 2.45) is 0 Å². The molecule has 0 atom stereocenters. The van der Waals surface area contributed by atoms with Crippen LogP contribution in [0.5, 0.6) is 0 Å². The largest absolute Gasteiger partial charge is 0.397 e. The number of amides is 1. The lowest BCUT2D eigenvalue weighted by molar-refractivity contribution is -0.116. The molecule has 2 aromatic rings. The highest BCUT2D eigenvalue weighted by Gasteiger charge is 2.06. The lowest BCUT2D eigenvalue weighted by Crippen LogP contribution is -2.20. The Bertz CT molecular complexity index is 699. The summed E-state index contributed by atoms with van der Waals surface area (Å²) in [5.74, 6) is -0.180. The van der Waals surface area contributed by atoms with Gasteiger partial charge in [-0.25, -0.2) is 4.98 Å². The fourth-order valence-corrected chi connectivity index (χ4v) is 1.98. The van der Waals surface area contributed by atoms with Crippen LogP contribution in [0, 0.1) is 0 Å². The molecule has 1 heterocycles. The maximum atomic E-state index is 11.8. The Labute approximate surface area is 126 Å². The smallest absolute Gasteiger partial charge is 0.253 e. The van der Waals surface area contributed by atoms with E-state index >= 15 is 0 Å². The number of nitrogen functional groups attached to an aromatic ring is 1. The molecule has 0 saturated carbocycles. The van der Waals surface area contributed by atoms with Crippen molar-refractivity contribution in [2.45, 2.75) is 19.4 Å². The van der Waals surface area contributed by atoms with Crippen LogP contribution in [0.1, 0.15) is 12.8 Å². The van der Waals surface area contributed by atoms with E-state index in [0.29, 0.717) is 29.4 Å². The number of nitrogens with zero attached hydrogens (tertiary/aromatic N) is 2. The first-order chi connectivity index (χ1) is 10.1. The van der Waals surface area contributed by atoms with Crippen LogP contribution in [0.4, 0.5) is 11.4 Å². The zero-order valence-electron chi connectivity index (χ0n) is 11.3. The number of rotatable bonds is 5. The molecule has 0 bridgehead atoms. The van der Waals surface area contributed by atoms with E-state index in [-0.39, 0.29) is 17.9 Å². The molecule has 0 fully saturated rings. The molecule has 0 saturated heterocycles. The Balaban J connectivity index is 1.87. The van der Waals surface area contributed by atoms with Crippen molar-refractivity contribution in [3.8, 4) is 0 Å². The van der Waals surface area contributed by atoms with Crippen LogP contribution in [-0.4, -0.2) is 15.5 Å². The molecule has 0 spiro atoms. The summed E-state index contributed by atoms with van der Waals surface area (Å²) < 4.78 is 1.46. The molecule has 1 aromatic carbocycles. The van der Waals surface area contributed by atoms with Gasteiger partial charge in [-0.15, -0.1) is 0 Å². The molecule has 2 rings (SSSR count). The number of nitrogens with two attached hydrogens (primary N) is 1. The van der Waals surface area contributed by atoms with Gasteiger partial charge in [0.25, 0.3) is 5.56 Å². The number of hydrogen-bond donors (Lipinski definition) is 2. The molecule has 0 radical (unpaired) electrons. The number of carbonyl (C=O) groups excluding carboxylic acids is 1. The molecule has 0 aliphatic heterocycles. The molecule has 0 aliphatic rings. The normalized spacial score (nSPS) is 10.3. The van der Waals surface area contributed by atoms with Gasteiger partial charge in [0.2, 0.25) is 5.91 Å². The third kappa shape index (κ3) is 4.32. The van der Waals surface area contributed by atoms with Gasteiger partial charge < -0.3 is 11.1 Å². The molecule has 1 aromatic heterocycles. The molecular formula is C14H15ClN4O2. The van der Waals surface area contributed by atoms with Gasteiger partial charge >= 0.3 is 0 Å². The first-order valence-corrected chi connectivity index (χ1v) is 6.79. The highest BCUT2D eigenvalue weighted by Crippen LogP contribution is 2.23. The molecule has 0 unspecified atom stereocenters. The van der Waals surface area contributed by atoms with Crippen LogP contribution in [0.3, 0.4) is 0 Å². The zero-order chi connectivity index (χ0) is 15.2. The molecule has 3 N–H and O–H groups in total. The van der Waals surface area contributed by atoms with E-state index in [1.807, 2.05) is 0 Å². The highest BCUT2D eigenvalue weighted by molar-refractivity contribution is 6.31. The van der Waals surface area contributed by atoms with E-state index < -0.39 is 0 Å². The second kappa shape index (κ2) is 6.90. The average molecular weight is 307 g/mol. The Morgan fingerprint density at radius 2 is 2.19 bits per heavy atom. The van der Waals surface area contributed by atoms with E-state index in [2.05, 4.69) is 10.3 Å². The minimum Gasteiger partial charge on any atom is -0.397 e. The summed E-state index contributed by atoms with van der Waals surface area (Å²) in [6, 6.07) is 6.27. The van der Waals surface area contributed by atoms with E-state index in [4.69, 9.17) is 17.3 Å². The molecular weight excluding hydrogens is 292 g/mol. The van der Waals surface area contributed by atoms with Crippen molar-refractivity contribution in [1.82, 2.24) is 9.55 Å². The Morgan fingerprint density at radius 3 is 2.95 bits per heavy atom. The van der Waals surface area contributed by atoms with Gasteiger partial charge in [0.1, 0.15) is 0 Å². The van der Waals surface area contributed by atoms with Crippen molar-refractivity contribution >= 4 is 28.9 Å². The van der Waals surface area contributed by atoms with Crippen LogP contribution in [-0.2, 0) is 11.3 Å². The number of hydrogen-bond acceptors (Lipinski definition) is 4. The maximum absolute atomic E-state index is 11.8. The molecule has 110 valence electrons. The zero-order valence-corrected chi connectivity index (χ0v) is 12.0. The van der Waals surface area contributed by atoms with Gasteiger partial charge in [0, 0.05) is 30.3 Å². The standard InChI is InChI=1S/C14H15ClN4O2/c15-10-3-4-11(16)12(8-10)18-13(20)2-1-7-19-9-17-6-5-14(19)21/h3-6,8-9H,1-2,7,16H2,(H,18,20). The van der Waals surface area contributed by atoms with E-state index in [0.717, 1.165) is 0 Å².